The lowest BCUT2D eigenvalue weighted by molar-refractivity contribution is 0.243. The molecule has 5 atom stereocenters. The summed E-state index contributed by atoms with van der Waals surface area (Å²) < 4.78 is 14.8. The zero-order chi connectivity index (χ0) is 27.3. The molecular weight excluding hydrogens is 506 g/mol. The number of fused-ring (bicyclic) bond motifs is 3. The molecule has 0 heterocycles. The van der Waals surface area contributed by atoms with Crippen molar-refractivity contribution < 1.29 is 4.39 Å². The summed E-state index contributed by atoms with van der Waals surface area (Å²) in [5.74, 6) is 0.538. The van der Waals surface area contributed by atoms with Crippen molar-refractivity contribution >= 4 is 37.2 Å². The molecule has 5 unspecified atom stereocenters. The molecule has 0 nitrogen and oxygen atoms in total. The molecule has 4 aliphatic rings. The van der Waals surface area contributed by atoms with Gasteiger partial charge in [-0.2, -0.15) is 0 Å². The maximum atomic E-state index is 14.8. The zero-order valence-electron chi connectivity index (χ0n) is 22.9. The van der Waals surface area contributed by atoms with Gasteiger partial charge in [-0.1, -0.05) is 112 Å². The minimum absolute atomic E-state index is 0.133. The van der Waals surface area contributed by atoms with Gasteiger partial charge in [-0.05, 0) is 99.0 Å². The smallest absolute Gasteiger partial charge is 0.127 e. The van der Waals surface area contributed by atoms with Crippen LogP contribution < -0.4 is 10.4 Å². The van der Waals surface area contributed by atoms with Gasteiger partial charge in [0.15, 0.2) is 0 Å². The second kappa shape index (κ2) is 10.1. The number of rotatable bonds is 4. The molecule has 0 saturated heterocycles. The predicted molar refractivity (Wildman–Crippen MR) is 172 cm³/mol. The van der Waals surface area contributed by atoms with Crippen molar-refractivity contribution in [2.45, 2.75) is 37.5 Å². The molecule has 4 aliphatic carbocycles. The maximum Gasteiger partial charge on any atom is 0.127 e. The molecule has 0 saturated carbocycles. The van der Waals surface area contributed by atoms with Crippen molar-refractivity contribution in [2.24, 2.45) is 11.8 Å². The molecule has 0 aliphatic heterocycles. The first-order chi connectivity index (χ1) is 19.5. The molecule has 2 heteroatoms. The van der Waals surface area contributed by atoms with Crippen LogP contribution in [-0.2, 0) is 0 Å². The fourth-order valence-electron chi connectivity index (χ4n) is 6.72. The van der Waals surface area contributed by atoms with Crippen molar-refractivity contribution in [1.82, 2.24) is 0 Å². The van der Waals surface area contributed by atoms with Crippen LogP contribution in [0.3, 0.4) is 0 Å². The monoisotopic (exact) mass is 540 g/mol. The van der Waals surface area contributed by atoms with Gasteiger partial charge in [0.2, 0.25) is 0 Å². The van der Waals surface area contributed by atoms with Crippen LogP contribution in [0.15, 0.2) is 121 Å². The molecule has 40 heavy (non-hydrogen) atoms. The molecule has 0 amide bonds. The van der Waals surface area contributed by atoms with E-state index in [1.165, 1.54) is 54.6 Å². The second-order valence-electron chi connectivity index (χ2n) is 11.7. The highest BCUT2D eigenvalue weighted by atomic mass is 31.0. The van der Waals surface area contributed by atoms with E-state index >= 15 is 0 Å². The van der Waals surface area contributed by atoms with E-state index in [0.717, 1.165) is 12.8 Å². The molecular formula is C38H34FP. The van der Waals surface area contributed by atoms with E-state index in [0.29, 0.717) is 18.3 Å². The first-order valence-electron chi connectivity index (χ1n) is 14.4. The van der Waals surface area contributed by atoms with Gasteiger partial charge >= 0.3 is 0 Å². The summed E-state index contributed by atoms with van der Waals surface area (Å²) in [5.41, 5.74) is 7.87. The van der Waals surface area contributed by atoms with E-state index in [1.807, 2.05) is 0 Å². The quantitative estimate of drug-likeness (QED) is 0.291. The number of benzene rings is 3. The molecule has 198 valence electrons. The van der Waals surface area contributed by atoms with Gasteiger partial charge in [0.05, 0.1) is 0 Å². The number of alkyl halides is 1. The number of allylic oxidation sites excluding steroid dienone is 12. The van der Waals surface area contributed by atoms with Crippen LogP contribution in [0.25, 0.3) is 28.0 Å². The average Bonchev–Trinajstić information content (AvgIpc) is 2.99. The number of hydrogen-bond acceptors (Lipinski definition) is 0. The van der Waals surface area contributed by atoms with Gasteiger partial charge in [-0.25, -0.2) is 4.39 Å². The highest BCUT2D eigenvalue weighted by molar-refractivity contribution is 7.18. The third kappa shape index (κ3) is 4.61. The highest BCUT2D eigenvalue weighted by Crippen LogP contribution is 2.39. The third-order valence-electron chi connectivity index (χ3n) is 8.96. The summed E-state index contributed by atoms with van der Waals surface area (Å²) >= 11 is 0. The number of halogens is 1. The van der Waals surface area contributed by atoms with Gasteiger partial charge in [-0.3, -0.25) is 0 Å². The predicted octanol–water partition coefficient (Wildman–Crippen LogP) is 8.46. The molecule has 0 N–H and O–H groups in total. The Morgan fingerprint density at radius 3 is 2.50 bits per heavy atom. The van der Waals surface area contributed by atoms with Crippen LogP contribution >= 0.6 is 9.24 Å². The highest BCUT2D eigenvalue weighted by Gasteiger charge is 2.29. The fraction of sp³-hybridized carbons (Fsp3) is 0.211. The van der Waals surface area contributed by atoms with Crippen LogP contribution in [0.1, 0.15) is 48.8 Å². The van der Waals surface area contributed by atoms with E-state index in [-0.39, 0.29) is 5.92 Å². The first-order valence-corrected chi connectivity index (χ1v) is 15.0. The van der Waals surface area contributed by atoms with E-state index < -0.39 is 5.41 Å². The average molecular weight is 541 g/mol. The van der Waals surface area contributed by atoms with E-state index in [4.69, 9.17) is 0 Å². The van der Waals surface area contributed by atoms with E-state index in [9.17, 15) is 4.39 Å². The first kappa shape index (κ1) is 25.4. The molecule has 0 bridgehead atoms. The molecule has 0 radical (unpaired) electrons. The van der Waals surface area contributed by atoms with Crippen molar-refractivity contribution in [3.63, 3.8) is 0 Å². The Hall–Kier alpha value is -3.54. The van der Waals surface area contributed by atoms with Crippen LogP contribution in [0.5, 0.6) is 0 Å². The summed E-state index contributed by atoms with van der Waals surface area (Å²) in [6, 6.07) is 20.4. The Morgan fingerprint density at radius 2 is 1.73 bits per heavy atom. The van der Waals surface area contributed by atoms with Crippen molar-refractivity contribution in [1.29, 1.82) is 0 Å². The molecule has 3 aromatic carbocycles. The Balaban J connectivity index is 1.51. The van der Waals surface area contributed by atoms with Crippen LogP contribution in [0, 0.1) is 11.8 Å². The molecule has 3 aromatic rings. The van der Waals surface area contributed by atoms with Crippen molar-refractivity contribution in [2.75, 3.05) is 0 Å². The Kier molecular flexibility index (Phi) is 6.44. The second-order valence-corrected chi connectivity index (χ2v) is 12.8. The molecule has 0 fully saturated rings. The summed E-state index contributed by atoms with van der Waals surface area (Å²) in [6.07, 6.45) is 27.3. The topological polar surface area (TPSA) is 0 Å². The van der Waals surface area contributed by atoms with Gasteiger partial charge in [0, 0.05) is 17.8 Å². The SMILES string of the molecule is CC(F)(P)C1C=CC(c2cc(C3C=CC=CC3)cc3c2=CC2=CC=CCC2C=3c2ccc3ccccc3c2)=CC1. The lowest BCUT2D eigenvalue weighted by atomic mass is 9.75. The largest absolute Gasteiger partial charge is 0.239 e. The van der Waals surface area contributed by atoms with Gasteiger partial charge in [-0.15, -0.1) is 0 Å². The van der Waals surface area contributed by atoms with Crippen molar-refractivity contribution in [3.8, 4) is 0 Å². The van der Waals surface area contributed by atoms with Gasteiger partial charge in [0.25, 0.3) is 0 Å². The van der Waals surface area contributed by atoms with Crippen LogP contribution in [0.2, 0.25) is 0 Å². The van der Waals surface area contributed by atoms with Crippen LogP contribution in [0.4, 0.5) is 4.39 Å². The Morgan fingerprint density at radius 1 is 0.875 bits per heavy atom. The minimum Gasteiger partial charge on any atom is -0.239 e. The van der Waals surface area contributed by atoms with E-state index in [1.54, 1.807) is 6.92 Å². The van der Waals surface area contributed by atoms with Gasteiger partial charge in [0.1, 0.15) is 5.41 Å². The molecule has 0 aromatic heterocycles. The van der Waals surface area contributed by atoms with E-state index in [2.05, 4.69) is 131 Å². The molecule has 0 spiro atoms. The third-order valence-corrected chi connectivity index (χ3v) is 9.38. The van der Waals surface area contributed by atoms with Crippen molar-refractivity contribution in [3.05, 3.63) is 148 Å². The summed E-state index contributed by atoms with van der Waals surface area (Å²) in [7, 11) is 2.38. The summed E-state index contributed by atoms with van der Waals surface area (Å²) in [5, 5.41) is 3.84. The fourth-order valence-corrected chi connectivity index (χ4v) is 6.97. The zero-order valence-corrected chi connectivity index (χ0v) is 24.0. The van der Waals surface area contributed by atoms with Gasteiger partial charge < -0.3 is 0 Å². The standard InChI is InChI=1S/C38H34FP/c1-38(39,40)32-19-17-27(18-20-32)34-23-31(25-9-3-2-4-10-25)24-36-35(34)22-29-13-7-8-14-33(29)37(36)30-16-15-26-11-5-6-12-28(26)21-30/h2-9,11-13,15-19,21-25,32-33H,10,14,20,40H2,1H3. The normalized spacial score (nSPS) is 24.6. The Labute approximate surface area is 238 Å². The minimum atomic E-state index is -1.31. The lowest BCUT2D eigenvalue weighted by Crippen LogP contribution is -2.38. The molecule has 7 rings (SSSR count). The number of hydrogen-bond donors (Lipinski definition) is 0. The van der Waals surface area contributed by atoms with Crippen LogP contribution in [-0.4, -0.2) is 5.41 Å². The lowest BCUT2D eigenvalue weighted by Gasteiger charge is -2.29. The summed E-state index contributed by atoms with van der Waals surface area (Å²) in [4.78, 5) is 0. The summed E-state index contributed by atoms with van der Waals surface area (Å²) in [6.45, 7) is 1.65. The maximum absolute atomic E-state index is 14.8. The Bertz CT molecular complexity index is 1820.